The highest BCUT2D eigenvalue weighted by atomic mass is 32.1. The number of halogens is 6. The molecule has 17 heteroatoms. The van der Waals surface area contributed by atoms with E-state index < -0.39 is 42.1 Å². The number of pyridine rings is 1. The maximum atomic E-state index is 14.4. The molecule has 206 valence electrons. The van der Waals surface area contributed by atoms with E-state index in [0.717, 1.165) is 41.3 Å². The zero-order chi connectivity index (χ0) is 27.9. The molecule has 3 aromatic rings. The zero-order valence-corrected chi connectivity index (χ0v) is 20.6. The average Bonchev–Trinajstić information content (AvgIpc) is 3.50. The van der Waals surface area contributed by atoms with Crippen LogP contribution in [-0.2, 0) is 25.7 Å². The largest absolute Gasteiger partial charge is 0.416 e. The van der Waals surface area contributed by atoms with Crippen LogP contribution in [0.2, 0.25) is 0 Å². The van der Waals surface area contributed by atoms with Crippen LogP contribution in [0, 0.1) is 0 Å². The van der Waals surface area contributed by atoms with Gasteiger partial charge in [-0.05, 0) is 25.5 Å². The van der Waals surface area contributed by atoms with Gasteiger partial charge in [-0.1, -0.05) is 16.6 Å². The first-order valence-electron chi connectivity index (χ1n) is 11.1. The van der Waals surface area contributed by atoms with Crippen LogP contribution in [0.4, 0.5) is 26.3 Å². The van der Waals surface area contributed by atoms with Crippen LogP contribution < -0.4 is 10.6 Å². The Balaban J connectivity index is 1.43. The van der Waals surface area contributed by atoms with Crippen molar-refractivity contribution in [2.45, 2.75) is 57.5 Å². The number of carbonyl (C=O) groups is 2. The van der Waals surface area contributed by atoms with E-state index in [4.69, 9.17) is 0 Å². The maximum Gasteiger partial charge on any atom is 0.416 e. The second-order valence-electron chi connectivity index (χ2n) is 8.26. The predicted octanol–water partition coefficient (Wildman–Crippen LogP) is 3.22. The molecule has 0 fully saturated rings. The van der Waals surface area contributed by atoms with Crippen molar-refractivity contribution in [3.8, 4) is 0 Å². The lowest BCUT2D eigenvalue weighted by atomic mass is 10.2. The molecule has 0 aliphatic carbocycles. The summed E-state index contributed by atoms with van der Waals surface area (Å²) in [5, 5.41) is 19.9. The van der Waals surface area contributed by atoms with Crippen LogP contribution in [0.5, 0.6) is 0 Å². The number of amides is 2. The van der Waals surface area contributed by atoms with Gasteiger partial charge in [0.2, 0.25) is 10.9 Å². The Morgan fingerprint density at radius 2 is 1.87 bits per heavy atom. The van der Waals surface area contributed by atoms with Crippen molar-refractivity contribution in [3.05, 3.63) is 51.5 Å². The molecule has 0 saturated heterocycles. The minimum absolute atomic E-state index is 0.00999. The summed E-state index contributed by atoms with van der Waals surface area (Å²) in [6.45, 7) is -0.0160. The molecule has 38 heavy (non-hydrogen) atoms. The van der Waals surface area contributed by atoms with Crippen molar-refractivity contribution in [2.24, 2.45) is 0 Å². The quantitative estimate of drug-likeness (QED) is 0.324. The van der Waals surface area contributed by atoms with E-state index in [2.05, 4.69) is 36.1 Å². The molecule has 3 rings (SSSR count). The summed E-state index contributed by atoms with van der Waals surface area (Å²) in [7, 11) is 0. The first kappa shape index (κ1) is 28.9. The van der Waals surface area contributed by atoms with E-state index in [0.29, 0.717) is 5.01 Å². The summed E-state index contributed by atoms with van der Waals surface area (Å²) in [6.07, 6.45) is -4.18. The predicted molar refractivity (Wildman–Crippen MR) is 121 cm³/mol. The first-order chi connectivity index (χ1) is 17.8. The van der Waals surface area contributed by atoms with Crippen molar-refractivity contribution >= 4 is 23.2 Å². The van der Waals surface area contributed by atoms with E-state index in [1.807, 2.05) is 0 Å². The van der Waals surface area contributed by atoms with E-state index >= 15 is 0 Å². The SMILES string of the molecule is CC(F)(F)CCNC(=O)c1nnc(CCC(F)Cn2cc(C(=O)NCc3cc(C(F)(F)F)ccn3)nn2)s1. The van der Waals surface area contributed by atoms with Gasteiger partial charge in [-0.25, -0.2) is 17.9 Å². The standard InChI is InChI=1S/C21H22F6N8O2S/c1-20(23,24)5-7-29-18(37)19-33-32-16(38-19)3-2-13(22)10-35-11-15(31-34-35)17(36)30-9-14-8-12(4-6-28-14)21(25,26)27/h4,6,8,11,13H,2-3,5,7,9-10H2,1H3,(H,29,37)(H,30,36). The highest BCUT2D eigenvalue weighted by Gasteiger charge is 2.30. The monoisotopic (exact) mass is 564 g/mol. The van der Waals surface area contributed by atoms with Crippen LogP contribution in [0.25, 0.3) is 0 Å². The number of alkyl halides is 6. The third-order valence-electron chi connectivity index (χ3n) is 4.91. The zero-order valence-electron chi connectivity index (χ0n) is 19.8. The van der Waals surface area contributed by atoms with Crippen LogP contribution in [0.3, 0.4) is 0 Å². The number of nitrogens with one attached hydrogen (secondary N) is 2. The molecule has 1 atom stereocenters. The summed E-state index contributed by atoms with van der Waals surface area (Å²) in [5.74, 6) is -4.28. The summed E-state index contributed by atoms with van der Waals surface area (Å²) in [6, 6.07) is 1.62. The summed E-state index contributed by atoms with van der Waals surface area (Å²) >= 11 is 0.917. The molecule has 0 saturated carbocycles. The fraction of sp³-hybridized carbons (Fsp3) is 0.476. The Morgan fingerprint density at radius 1 is 1.11 bits per heavy atom. The molecule has 0 aromatic carbocycles. The minimum Gasteiger partial charge on any atom is -0.350 e. The fourth-order valence-electron chi connectivity index (χ4n) is 3.00. The molecule has 0 aliphatic rings. The van der Waals surface area contributed by atoms with Gasteiger partial charge in [0.05, 0.1) is 30.5 Å². The number of nitrogens with zero attached hydrogens (tertiary/aromatic N) is 6. The van der Waals surface area contributed by atoms with Crippen LogP contribution >= 0.6 is 11.3 Å². The van der Waals surface area contributed by atoms with Gasteiger partial charge in [-0.15, -0.1) is 15.3 Å². The van der Waals surface area contributed by atoms with Crippen molar-refractivity contribution in [3.63, 3.8) is 0 Å². The normalized spacial score (nSPS) is 12.8. The second-order valence-corrected chi connectivity index (χ2v) is 9.32. The fourth-order valence-corrected chi connectivity index (χ4v) is 3.77. The van der Waals surface area contributed by atoms with E-state index in [1.165, 1.54) is 6.20 Å². The number of hydrogen-bond acceptors (Lipinski definition) is 8. The van der Waals surface area contributed by atoms with Crippen molar-refractivity contribution in [1.82, 2.24) is 40.8 Å². The van der Waals surface area contributed by atoms with Gasteiger partial charge in [0.1, 0.15) is 11.2 Å². The number of rotatable bonds is 12. The van der Waals surface area contributed by atoms with Gasteiger partial charge < -0.3 is 10.6 Å². The van der Waals surface area contributed by atoms with Gasteiger partial charge in [0.15, 0.2) is 5.69 Å². The van der Waals surface area contributed by atoms with Gasteiger partial charge in [-0.3, -0.25) is 14.6 Å². The summed E-state index contributed by atoms with van der Waals surface area (Å²) in [5.41, 5.74) is -1.07. The molecule has 0 bridgehead atoms. The summed E-state index contributed by atoms with van der Waals surface area (Å²) in [4.78, 5) is 27.9. The van der Waals surface area contributed by atoms with Gasteiger partial charge in [-0.2, -0.15) is 13.2 Å². The topological polar surface area (TPSA) is 128 Å². The van der Waals surface area contributed by atoms with Crippen LogP contribution in [-0.4, -0.2) is 60.6 Å². The number of aryl methyl sites for hydroxylation is 1. The Kier molecular flexibility index (Phi) is 9.35. The third kappa shape index (κ3) is 9.04. The molecule has 3 aromatic heterocycles. The highest BCUT2D eigenvalue weighted by molar-refractivity contribution is 7.13. The van der Waals surface area contributed by atoms with Gasteiger partial charge in [0, 0.05) is 25.6 Å². The van der Waals surface area contributed by atoms with Crippen LogP contribution in [0.1, 0.15) is 56.3 Å². The minimum atomic E-state index is -4.54. The lowest BCUT2D eigenvalue weighted by Gasteiger charge is -2.09. The third-order valence-corrected chi connectivity index (χ3v) is 5.89. The Labute approximate surface area is 215 Å². The molecule has 3 heterocycles. The molecule has 10 nitrogen and oxygen atoms in total. The van der Waals surface area contributed by atoms with Crippen LogP contribution in [0.15, 0.2) is 24.5 Å². The molecule has 0 spiro atoms. The van der Waals surface area contributed by atoms with Crippen molar-refractivity contribution < 1.29 is 35.9 Å². The number of hydrogen-bond donors (Lipinski definition) is 2. The first-order valence-corrected chi connectivity index (χ1v) is 11.9. The Bertz CT molecular complexity index is 1240. The molecule has 2 N–H and O–H groups in total. The van der Waals surface area contributed by atoms with Crippen molar-refractivity contribution in [2.75, 3.05) is 6.54 Å². The molecule has 1 unspecified atom stereocenters. The average molecular weight is 565 g/mol. The van der Waals surface area contributed by atoms with E-state index in [-0.39, 0.29) is 48.9 Å². The molecule has 0 aliphatic heterocycles. The van der Waals surface area contributed by atoms with Gasteiger partial charge in [0.25, 0.3) is 11.8 Å². The Hall–Kier alpha value is -3.63. The molecule has 2 amide bonds. The second kappa shape index (κ2) is 12.3. The Morgan fingerprint density at radius 3 is 2.58 bits per heavy atom. The highest BCUT2D eigenvalue weighted by Crippen LogP contribution is 2.29. The lowest BCUT2D eigenvalue weighted by Crippen LogP contribution is -2.28. The lowest BCUT2D eigenvalue weighted by molar-refractivity contribution is -0.137. The maximum absolute atomic E-state index is 14.4. The summed E-state index contributed by atoms with van der Waals surface area (Å²) < 4.78 is 79.6. The van der Waals surface area contributed by atoms with E-state index in [9.17, 15) is 35.9 Å². The molecular weight excluding hydrogens is 542 g/mol. The number of carbonyl (C=O) groups excluding carboxylic acids is 2. The van der Waals surface area contributed by atoms with E-state index in [1.54, 1.807) is 0 Å². The number of aromatic nitrogens is 6. The smallest absolute Gasteiger partial charge is 0.350 e. The molecule has 0 radical (unpaired) electrons. The van der Waals surface area contributed by atoms with Gasteiger partial charge >= 0.3 is 6.18 Å². The van der Waals surface area contributed by atoms with Crippen molar-refractivity contribution in [1.29, 1.82) is 0 Å². The molecular formula is C21H22F6N8O2S.